The van der Waals surface area contributed by atoms with Crippen LogP contribution in [0.2, 0.25) is 0 Å². The van der Waals surface area contributed by atoms with Gasteiger partial charge in [0.2, 0.25) is 0 Å². The van der Waals surface area contributed by atoms with E-state index in [0.29, 0.717) is 24.2 Å². The van der Waals surface area contributed by atoms with Crippen LogP contribution in [0.3, 0.4) is 0 Å². The van der Waals surface area contributed by atoms with Crippen LogP contribution in [0.1, 0.15) is 30.1 Å². The molecule has 0 bridgehead atoms. The fourth-order valence-electron chi connectivity index (χ4n) is 1.47. The summed E-state index contributed by atoms with van der Waals surface area (Å²) in [5.41, 5.74) is 0.537. The van der Waals surface area contributed by atoms with Crippen molar-refractivity contribution < 1.29 is 28.6 Å². The summed E-state index contributed by atoms with van der Waals surface area (Å²) in [5, 5.41) is 0. The molecule has 0 fully saturated rings. The van der Waals surface area contributed by atoms with Crippen molar-refractivity contribution in [3.8, 4) is 5.75 Å². The standard InChI is InChI=1S/C16H18O6/c1-3-15(18)20-10-4-5-11-21-16(19)22-14-8-6-13(7-9-14)12(2)17/h3,6-9H,1,4-5,10-11H2,2H3. The van der Waals surface area contributed by atoms with E-state index in [4.69, 9.17) is 14.2 Å². The largest absolute Gasteiger partial charge is 0.513 e. The van der Waals surface area contributed by atoms with Gasteiger partial charge in [-0.1, -0.05) is 6.58 Å². The number of esters is 1. The van der Waals surface area contributed by atoms with E-state index in [1.165, 1.54) is 19.1 Å². The lowest BCUT2D eigenvalue weighted by Gasteiger charge is -2.06. The molecule has 0 spiro atoms. The van der Waals surface area contributed by atoms with E-state index in [-0.39, 0.29) is 19.0 Å². The van der Waals surface area contributed by atoms with Crippen molar-refractivity contribution in [2.75, 3.05) is 13.2 Å². The molecule has 118 valence electrons. The molecule has 0 atom stereocenters. The Labute approximate surface area is 128 Å². The zero-order chi connectivity index (χ0) is 16.4. The fourth-order valence-corrected chi connectivity index (χ4v) is 1.47. The summed E-state index contributed by atoms with van der Waals surface area (Å²) in [6.45, 7) is 5.14. The molecule has 22 heavy (non-hydrogen) atoms. The Morgan fingerprint density at radius 1 is 1.05 bits per heavy atom. The van der Waals surface area contributed by atoms with Crippen molar-refractivity contribution in [3.63, 3.8) is 0 Å². The quantitative estimate of drug-likeness (QED) is 0.241. The molecule has 0 aliphatic rings. The van der Waals surface area contributed by atoms with E-state index in [0.717, 1.165) is 6.08 Å². The number of carbonyl (C=O) groups is 3. The van der Waals surface area contributed by atoms with Gasteiger partial charge in [0.15, 0.2) is 5.78 Å². The molecule has 0 aliphatic heterocycles. The number of hydrogen-bond acceptors (Lipinski definition) is 6. The third-order valence-corrected chi connectivity index (χ3v) is 2.63. The molecule has 1 aromatic carbocycles. The lowest BCUT2D eigenvalue weighted by Crippen LogP contribution is -2.12. The first kappa shape index (κ1) is 17.4. The topological polar surface area (TPSA) is 78.9 Å². The molecule has 0 aromatic heterocycles. The lowest BCUT2D eigenvalue weighted by atomic mass is 10.1. The van der Waals surface area contributed by atoms with E-state index in [9.17, 15) is 14.4 Å². The lowest BCUT2D eigenvalue weighted by molar-refractivity contribution is -0.137. The van der Waals surface area contributed by atoms with Gasteiger partial charge in [-0.05, 0) is 44.0 Å². The minimum Gasteiger partial charge on any atom is -0.463 e. The molecule has 0 saturated carbocycles. The number of Topliss-reactive ketones (excluding diaryl/α,β-unsaturated/α-hetero) is 1. The van der Waals surface area contributed by atoms with E-state index in [1.807, 2.05) is 0 Å². The Morgan fingerprint density at radius 2 is 1.64 bits per heavy atom. The zero-order valence-corrected chi connectivity index (χ0v) is 12.4. The van der Waals surface area contributed by atoms with Crippen molar-refractivity contribution in [3.05, 3.63) is 42.5 Å². The van der Waals surface area contributed by atoms with Gasteiger partial charge in [-0.2, -0.15) is 0 Å². The second-order valence-electron chi connectivity index (χ2n) is 4.36. The van der Waals surface area contributed by atoms with E-state index in [1.54, 1.807) is 12.1 Å². The minimum atomic E-state index is -0.821. The fraction of sp³-hybridized carbons (Fsp3) is 0.312. The van der Waals surface area contributed by atoms with E-state index >= 15 is 0 Å². The van der Waals surface area contributed by atoms with Crippen LogP contribution in [-0.2, 0) is 14.3 Å². The third kappa shape index (κ3) is 6.69. The van der Waals surface area contributed by atoms with Gasteiger partial charge in [-0.3, -0.25) is 4.79 Å². The Kier molecular flexibility index (Phi) is 7.39. The first-order valence-electron chi connectivity index (χ1n) is 6.77. The van der Waals surface area contributed by atoms with Crippen LogP contribution in [-0.4, -0.2) is 31.1 Å². The number of carbonyl (C=O) groups excluding carboxylic acids is 3. The van der Waals surface area contributed by atoms with Gasteiger partial charge >= 0.3 is 12.1 Å². The third-order valence-electron chi connectivity index (χ3n) is 2.63. The first-order chi connectivity index (χ1) is 10.5. The van der Waals surface area contributed by atoms with Gasteiger partial charge in [0.25, 0.3) is 0 Å². The molecule has 0 N–H and O–H groups in total. The summed E-state index contributed by atoms with van der Waals surface area (Å²) in [5.74, 6) is -0.240. The van der Waals surface area contributed by atoms with Crippen molar-refractivity contribution in [2.24, 2.45) is 0 Å². The minimum absolute atomic E-state index is 0.0636. The molecule has 0 aliphatic carbocycles. The van der Waals surface area contributed by atoms with Crippen LogP contribution in [0.4, 0.5) is 4.79 Å². The molecule has 0 unspecified atom stereocenters. The Bertz CT molecular complexity index is 532. The highest BCUT2D eigenvalue weighted by Gasteiger charge is 2.07. The smallest absolute Gasteiger partial charge is 0.463 e. The van der Waals surface area contributed by atoms with Crippen LogP contribution in [0.25, 0.3) is 0 Å². The number of ether oxygens (including phenoxy) is 3. The van der Waals surface area contributed by atoms with Gasteiger partial charge < -0.3 is 14.2 Å². The zero-order valence-electron chi connectivity index (χ0n) is 12.4. The summed E-state index contributed by atoms with van der Waals surface area (Å²) in [6, 6.07) is 6.18. The molecular weight excluding hydrogens is 288 g/mol. The average Bonchev–Trinajstić information content (AvgIpc) is 2.50. The van der Waals surface area contributed by atoms with Crippen molar-refractivity contribution in [2.45, 2.75) is 19.8 Å². The predicted molar refractivity (Wildman–Crippen MR) is 78.8 cm³/mol. The maximum absolute atomic E-state index is 11.4. The number of unbranched alkanes of at least 4 members (excludes halogenated alkanes) is 1. The molecular formula is C16H18O6. The summed E-state index contributed by atoms with van der Waals surface area (Å²) < 4.78 is 14.6. The van der Waals surface area contributed by atoms with Crippen LogP contribution < -0.4 is 4.74 Å². The predicted octanol–water partition coefficient (Wildman–Crippen LogP) is 2.91. The highest BCUT2D eigenvalue weighted by atomic mass is 16.7. The summed E-state index contributed by atoms with van der Waals surface area (Å²) in [7, 11) is 0. The molecule has 1 aromatic rings. The van der Waals surface area contributed by atoms with Crippen LogP contribution in [0.5, 0.6) is 5.75 Å². The summed E-state index contributed by atoms with van der Waals surface area (Å²) in [4.78, 5) is 33.3. The van der Waals surface area contributed by atoms with E-state index < -0.39 is 12.1 Å². The van der Waals surface area contributed by atoms with Gasteiger partial charge in [0, 0.05) is 11.6 Å². The Hall–Kier alpha value is -2.63. The van der Waals surface area contributed by atoms with Crippen LogP contribution in [0, 0.1) is 0 Å². The van der Waals surface area contributed by atoms with Gasteiger partial charge in [0.1, 0.15) is 5.75 Å². The van der Waals surface area contributed by atoms with Crippen LogP contribution >= 0.6 is 0 Å². The van der Waals surface area contributed by atoms with E-state index in [2.05, 4.69) is 6.58 Å². The first-order valence-corrected chi connectivity index (χ1v) is 6.77. The number of rotatable bonds is 8. The maximum Gasteiger partial charge on any atom is 0.513 e. The number of benzene rings is 1. The molecule has 0 saturated heterocycles. The molecule has 1 rings (SSSR count). The molecule has 6 nitrogen and oxygen atoms in total. The monoisotopic (exact) mass is 306 g/mol. The normalized spacial score (nSPS) is 9.68. The van der Waals surface area contributed by atoms with Crippen molar-refractivity contribution in [1.82, 2.24) is 0 Å². The average molecular weight is 306 g/mol. The number of hydrogen-bond donors (Lipinski definition) is 0. The van der Waals surface area contributed by atoms with Crippen molar-refractivity contribution in [1.29, 1.82) is 0 Å². The second kappa shape index (κ2) is 9.33. The van der Waals surface area contributed by atoms with Crippen molar-refractivity contribution >= 4 is 17.9 Å². The molecule has 0 heterocycles. The Balaban J connectivity index is 2.19. The van der Waals surface area contributed by atoms with Gasteiger partial charge in [-0.15, -0.1) is 0 Å². The van der Waals surface area contributed by atoms with Gasteiger partial charge in [0.05, 0.1) is 13.2 Å². The summed E-state index contributed by atoms with van der Waals surface area (Å²) in [6.07, 6.45) is 1.38. The molecule has 0 radical (unpaired) electrons. The SMILES string of the molecule is C=CC(=O)OCCCCOC(=O)Oc1ccc(C(C)=O)cc1. The molecule has 0 amide bonds. The number of ketones is 1. The highest BCUT2D eigenvalue weighted by molar-refractivity contribution is 5.94. The van der Waals surface area contributed by atoms with Gasteiger partial charge in [-0.25, -0.2) is 9.59 Å². The maximum atomic E-state index is 11.4. The Morgan fingerprint density at radius 3 is 2.18 bits per heavy atom. The second-order valence-corrected chi connectivity index (χ2v) is 4.36. The summed E-state index contributed by atoms with van der Waals surface area (Å²) >= 11 is 0. The highest BCUT2D eigenvalue weighted by Crippen LogP contribution is 2.13. The molecule has 6 heteroatoms. The van der Waals surface area contributed by atoms with Crippen LogP contribution in [0.15, 0.2) is 36.9 Å².